The predicted octanol–water partition coefficient (Wildman–Crippen LogP) is 5.62. The number of rotatable bonds is 13. The Morgan fingerprint density at radius 1 is 0.969 bits per heavy atom. The van der Waals surface area contributed by atoms with Crippen molar-refractivity contribution in [3.05, 3.63) is 42.2 Å². The Morgan fingerprint density at radius 2 is 1.66 bits per heavy atom. The van der Waals surface area contributed by atoms with Crippen LogP contribution in [0.15, 0.2) is 36.7 Å². The molecule has 0 N–H and O–H groups in total. The topological polar surface area (TPSA) is 70.5 Å². The first-order valence-electron chi connectivity index (χ1n) is 10.8. The van der Waals surface area contributed by atoms with Gasteiger partial charge in [0.15, 0.2) is 5.82 Å². The average molecular weight is 454 g/mol. The second kappa shape index (κ2) is 13.0. The van der Waals surface area contributed by atoms with Gasteiger partial charge in [-0.2, -0.15) is 13.2 Å². The molecule has 1 atom stereocenters. The molecular weight excluding hydrogens is 425 g/mol. The number of ether oxygens (including phenoxy) is 3. The minimum atomic E-state index is -4.73. The molecular formula is C23H29F3N2O4. The van der Waals surface area contributed by atoms with Crippen LogP contribution in [0.2, 0.25) is 0 Å². The van der Waals surface area contributed by atoms with E-state index in [2.05, 4.69) is 21.6 Å². The summed E-state index contributed by atoms with van der Waals surface area (Å²) in [4.78, 5) is 20.3. The Bertz CT molecular complexity index is 811. The van der Waals surface area contributed by atoms with Gasteiger partial charge in [0.2, 0.25) is 6.10 Å². The van der Waals surface area contributed by atoms with E-state index in [1.54, 1.807) is 31.2 Å². The molecule has 0 aliphatic rings. The summed E-state index contributed by atoms with van der Waals surface area (Å²) in [6, 6.07) is 7.15. The summed E-state index contributed by atoms with van der Waals surface area (Å²) < 4.78 is 54.4. The van der Waals surface area contributed by atoms with E-state index in [0.717, 1.165) is 31.0 Å². The largest absolute Gasteiger partial charge is 0.494 e. The molecule has 0 bridgehead atoms. The molecule has 0 fully saturated rings. The van der Waals surface area contributed by atoms with Crippen LogP contribution in [0.1, 0.15) is 56.3 Å². The van der Waals surface area contributed by atoms with E-state index < -0.39 is 24.9 Å². The molecule has 0 aliphatic heterocycles. The maximum atomic E-state index is 13.1. The van der Waals surface area contributed by atoms with Gasteiger partial charge in [0.05, 0.1) is 18.8 Å². The van der Waals surface area contributed by atoms with Gasteiger partial charge in [-0.25, -0.2) is 14.8 Å². The maximum Gasteiger partial charge on any atom is 0.427 e. The monoisotopic (exact) mass is 454 g/mol. The number of halogens is 3. The third kappa shape index (κ3) is 8.45. The van der Waals surface area contributed by atoms with Crippen LogP contribution in [0.3, 0.4) is 0 Å². The number of alkyl halides is 3. The lowest BCUT2D eigenvalue weighted by molar-refractivity contribution is -0.217. The van der Waals surface area contributed by atoms with Gasteiger partial charge in [0, 0.05) is 24.6 Å². The first kappa shape index (κ1) is 25.6. The molecule has 0 spiro atoms. The molecule has 0 amide bonds. The number of carbonyl (C=O) groups excluding carboxylic acids is 1. The highest BCUT2D eigenvalue weighted by Crippen LogP contribution is 2.25. The number of aromatic nitrogens is 2. The second-order valence-electron chi connectivity index (χ2n) is 7.24. The standard InChI is InChI=1S/C23H29F3N2O4/c1-3-5-6-7-13-31-19-10-8-17(9-11-19)21-27-14-18(15-28-21)22(29)32-20(23(24,25)26)16-30-12-4-2/h8-11,14-15,20H,3-7,12-13,16H2,1-2H3. The molecule has 176 valence electrons. The minimum Gasteiger partial charge on any atom is -0.494 e. The molecule has 6 nitrogen and oxygen atoms in total. The number of unbranched alkanes of at least 4 members (excludes halogenated alkanes) is 3. The number of benzene rings is 1. The van der Waals surface area contributed by atoms with Crippen molar-refractivity contribution in [3.8, 4) is 17.1 Å². The van der Waals surface area contributed by atoms with Crippen LogP contribution in [0.4, 0.5) is 13.2 Å². The summed E-state index contributed by atoms with van der Waals surface area (Å²) in [5.41, 5.74) is 0.509. The number of carbonyl (C=O) groups is 1. The highest BCUT2D eigenvalue weighted by molar-refractivity contribution is 5.89. The van der Waals surface area contributed by atoms with Crippen LogP contribution >= 0.6 is 0 Å². The molecule has 0 saturated heterocycles. The molecule has 2 aromatic rings. The fourth-order valence-corrected chi connectivity index (χ4v) is 2.73. The summed E-state index contributed by atoms with van der Waals surface area (Å²) in [6.45, 7) is 3.96. The quantitative estimate of drug-likeness (QED) is 0.289. The number of hydrogen-bond acceptors (Lipinski definition) is 6. The Balaban J connectivity index is 1.94. The van der Waals surface area contributed by atoms with E-state index in [1.807, 2.05) is 0 Å². The molecule has 0 radical (unpaired) electrons. The summed E-state index contributed by atoms with van der Waals surface area (Å²) in [5, 5.41) is 0. The third-order valence-electron chi connectivity index (χ3n) is 4.50. The number of hydrogen-bond donors (Lipinski definition) is 0. The van der Waals surface area contributed by atoms with Gasteiger partial charge < -0.3 is 14.2 Å². The van der Waals surface area contributed by atoms with E-state index in [0.29, 0.717) is 24.4 Å². The molecule has 1 aromatic carbocycles. The van der Waals surface area contributed by atoms with E-state index in [9.17, 15) is 18.0 Å². The second-order valence-corrected chi connectivity index (χ2v) is 7.24. The van der Waals surface area contributed by atoms with Crippen molar-refractivity contribution in [2.45, 2.75) is 58.2 Å². The fourth-order valence-electron chi connectivity index (χ4n) is 2.73. The Hall–Kier alpha value is -2.68. The summed E-state index contributed by atoms with van der Waals surface area (Å²) in [7, 11) is 0. The van der Waals surface area contributed by atoms with Gasteiger partial charge in [0.1, 0.15) is 5.75 Å². The van der Waals surface area contributed by atoms with Crippen LogP contribution in [-0.4, -0.2) is 48.0 Å². The van der Waals surface area contributed by atoms with E-state index in [1.165, 1.54) is 12.8 Å². The van der Waals surface area contributed by atoms with Gasteiger partial charge in [-0.3, -0.25) is 0 Å². The van der Waals surface area contributed by atoms with Gasteiger partial charge in [-0.15, -0.1) is 0 Å². The molecule has 2 rings (SSSR count). The molecule has 32 heavy (non-hydrogen) atoms. The zero-order chi connectivity index (χ0) is 23.4. The highest BCUT2D eigenvalue weighted by atomic mass is 19.4. The molecule has 1 unspecified atom stereocenters. The number of esters is 1. The highest BCUT2D eigenvalue weighted by Gasteiger charge is 2.43. The smallest absolute Gasteiger partial charge is 0.427 e. The predicted molar refractivity (Wildman–Crippen MR) is 113 cm³/mol. The minimum absolute atomic E-state index is 0.143. The first-order valence-corrected chi connectivity index (χ1v) is 10.8. The van der Waals surface area contributed by atoms with Crippen LogP contribution in [0.5, 0.6) is 5.75 Å². The lowest BCUT2D eigenvalue weighted by Gasteiger charge is -2.20. The SMILES string of the molecule is CCCCCCOc1ccc(-c2ncc(C(=O)OC(COCCC)C(F)(F)F)cn2)cc1. The number of nitrogens with zero attached hydrogens (tertiary/aromatic N) is 2. The van der Waals surface area contributed by atoms with Crippen LogP contribution in [0, 0.1) is 0 Å². The van der Waals surface area contributed by atoms with Crippen LogP contribution < -0.4 is 4.74 Å². The van der Waals surface area contributed by atoms with E-state index >= 15 is 0 Å². The molecule has 1 aromatic heterocycles. The van der Waals surface area contributed by atoms with Crippen molar-refractivity contribution in [3.63, 3.8) is 0 Å². The van der Waals surface area contributed by atoms with Crippen molar-refractivity contribution in [1.29, 1.82) is 0 Å². The summed E-state index contributed by atoms with van der Waals surface area (Å²) in [5.74, 6) is -0.102. The van der Waals surface area contributed by atoms with Crippen molar-refractivity contribution in [1.82, 2.24) is 9.97 Å². The fraction of sp³-hybridized carbons (Fsp3) is 0.522. The molecule has 0 aliphatic carbocycles. The Kier molecular flexibility index (Phi) is 10.4. The Morgan fingerprint density at radius 3 is 2.25 bits per heavy atom. The first-order chi connectivity index (χ1) is 15.3. The zero-order valence-corrected chi connectivity index (χ0v) is 18.4. The van der Waals surface area contributed by atoms with E-state index in [-0.39, 0.29) is 12.2 Å². The maximum absolute atomic E-state index is 13.1. The van der Waals surface area contributed by atoms with Gasteiger partial charge in [-0.05, 0) is 37.1 Å². The lowest BCUT2D eigenvalue weighted by Crippen LogP contribution is -2.38. The lowest BCUT2D eigenvalue weighted by atomic mass is 10.2. The Labute approximate surface area is 186 Å². The van der Waals surface area contributed by atoms with Crippen LogP contribution in [0.25, 0.3) is 11.4 Å². The van der Waals surface area contributed by atoms with Crippen LogP contribution in [-0.2, 0) is 9.47 Å². The third-order valence-corrected chi connectivity index (χ3v) is 4.50. The normalized spacial score (nSPS) is 12.4. The van der Waals surface area contributed by atoms with Gasteiger partial charge in [-0.1, -0.05) is 33.1 Å². The molecule has 9 heteroatoms. The van der Waals surface area contributed by atoms with E-state index in [4.69, 9.17) is 9.47 Å². The van der Waals surface area contributed by atoms with Crippen molar-refractivity contribution in [2.24, 2.45) is 0 Å². The summed E-state index contributed by atoms with van der Waals surface area (Å²) in [6.07, 6.45) is 0.239. The molecule has 1 heterocycles. The van der Waals surface area contributed by atoms with Crippen molar-refractivity contribution >= 4 is 5.97 Å². The van der Waals surface area contributed by atoms with Gasteiger partial charge in [0.25, 0.3) is 0 Å². The molecule has 0 saturated carbocycles. The van der Waals surface area contributed by atoms with Crippen molar-refractivity contribution in [2.75, 3.05) is 19.8 Å². The zero-order valence-electron chi connectivity index (χ0n) is 18.4. The average Bonchev–Trinajstić information content (AvgIpc) is 2.78. The van der Waals surface area contributed by atoms with Gasteiger partial charge >= 0.3 is 12.1 Å². The summed E-state index contributed by atoms with van der Waals surface area (Å²) >= 11 is 0. The van der Waals surface area contributed by atoms with Crippen molar-refractivity contribution < 1.29 is 32.2 Å².